The molecule has 0 aromatic heterocycles. The molecule has 21 heavy (non-hydrogen) atoms. The number of rotatable bonds is 5. The number of ether oxygens (including phenoxy) is 1. The van der Waals surface area contributed by atoms with Gasteiger partial charge in [-0.15, -0.1) is 0 Å². The van der Waals surface area contributed by atoms with E-state index in [1.54, 1.807) is 0 Å². The van der Waals surface area contributed by atoms with Gasteiger partial charge in [-0.05, 0) is 19.1 Å². The Morgan fingerprint density at radius 3 is 2.29 bits per heavy atom. The molecule has 2 rings (SSSR count). The molecule has 0 spiro atoms. The number of para-hydroxylation sites is 1. The molecule has 0 saturated carbocycles. The quantitative estimate of drug-likeness (QED) is 0.468. The Morgan fingerprint density at radius 2 is 1.67 bits per heavy atom. The molecule has 0 saturated heterocycles. The van der Waals surface area contributed by atoms with Crippen LogP contribution in [-0.4, -0.2) is 23.4 Å². The standard InChI is InChI=1S/C17H17NO2S/c1-2-20-17(18-15-11-7-4-8-12-15)21-13-16(19)14-9-5-3-6-10-14/h3-12H,2,13H2,1H3. The summed E-state index contributed by atoms with van der Waals surface area (Å²) in [5.41, 5.74) is 1.53. The summed E-state index contributed by atoms with van der Waals surface area (Å²) in [6.07, 6.45) is 0. The predicted molar refractivity (Wildman–Crippen MR) is 88.4 cm³/mol. The molecule has 0 radical (unpaired) electrons. The number of aliphatic imine (C=N–C) groups is 1. The van der Waals surface area contributed by atoms with Crippen LogP contribution < -0.4 is 0 Å². The van der Waals surface area contributed by atoms with Gasteiger partial charge in [0.15, 0.2) is 5.78 Å². The van der Waals surface area contributed by atoms with Gasteiger partial charge >= 0.3 is 0 Å². The van der Waals surface area contributed by atoms with Gasteiger partial charge in [0.2, 0.25) is 0 Å². The van der Waals surface area contributed by atoms with Crippen molar-refractivity contribution in [1.82, 2.24) is 0 Å². The first-order valence-corrected chi connectivity index (χ1v) is 7.75. The Balaban J connectivity index is 2.01. The number of hydrogen-bond acceptors (Lipinski definition) is 4. The van der Waals surface area contributed by atoms with E-state index in [9.17, 15) is 4.79 Å². The average Bonchev–Trinajstić information content (AvgIpc) is 2.54. The summed E-state index contributed by atoms with van der Waals surface area (Å²) in [7, 11) is 0. The lowest BCUT2D eigenvalue weighted by atomic mass is 10.2. The van der Waals surface area contributed by atoms with E-state index in [-0.39, 0.29) is 5.78 Å². The minimum atomic E-state index is 0.0704. The van der Waals surface area contributed by atoms with Crippen molar-refractivity contribution in [2.24, 2.45) is 4.99 Å². The van der Waals surface area contributed by atoms with Crippen LogP contribution in [0.2, 0.25) is 0 Å². The lowest BCUT2D eigenvalue weighted by Crippen LogP contribution is -2.07. The van der Waals surface area contributed by atoms with Gasteiger partial charge in [-0.2, -0.15) is 0 Å². The Labute approximate surface area is 129 Å². The van der Waals surface area contributed by atoms with E-state index in [1.807, 2.05) is 67.6 Å². The zero-order valence-corrected chi connectivity index (χ0v) is 12.7. The van der Waals surface area contributed by atoms with Gasteiger partial charge in [0, 0.05) is 5.56 Å². The Kier molecular flexibility index (Phi) is 6.03. The zero-order valence-electron chi connectivity index (χ0n) is 11.9. The molecule has 0 aliphatic rings. The molecule has 108 valence electrons. The van der Waals surface area contributed by atoms with Crippen LogP contribution >= 0.6 is 11.8 Å². The third kappa shape index (κ3) is 5.08. The van der Waals surface area contributed by atoms with E-state index >= 15 is 0 Å². The van der Waals surface area contributed by atoms with Crippen molar-refractivity contribution < 1.29 is 9.53 Å². The molecule has 0 amide bonds. The molecule has 0 atom stereocenters. The number of hydrogen-bond donors (Lipinski definition) is 0. The maximum Gasteiger partial charge on any atom is 0.251 e. The van der Waals surface area contributed by atoms with Crippen molar-refractivity contribution in [2.75, 3.05) is 12.4 Å². The molecule has 3 nitrogen and oxygen atoms in total. The summed E-state index contributed by atoms with van der Waals surface area (Å²) in [4.78, 5) is 16.5. The monoisotopic (exact) mass is 299 g/mol. The van der Waals surface area contributed by atoms with Crippen molar-refractivity contribution in [2.45, 2.75) is 6.92 Å². The second-order valence-electron chi connectivity index (χ2n) is 4.22. The highest BCUT2D eigenvalue weighted by Gasteiger charge is 2.09. The van der Waals surface area contributed by atoms with Gasteiger partial charge < -0.3 is 4.74 Å². The molecule has 0 aliphatic heterocycles. The highest BCUT2D eigenvalue weighted by molar-refractivity contribution is 8.14. The molecule has 4 heteroatoms. The number of carbonyl (C=O) groups is 1. The molecule has 2 aromatic carbocycles. The van der Waals surface area contributed by atoms with Crippen molar-refractivity contribution >= 4 is 28.5 Å². The third-order valence-corrected chi connectivity index (χ3v) is 3.53. The highest BCUT2D eigenvalue weighted by atomic mass is 32.2. The van der Waals surface area contributed by atoms with Crippen LogP contribution in [0.1, 0.15) is 17.3 Å². The molecule has 0 aliphatic carbocycles. The molecular formula is C17H17NO2S. The molecular weight excluding hydrogens is 282 g/mol. The maximum atomic E-state index is 12.1. The molecule has 0 heterocycles. The van der Waals surface area contributed by atoms with Gasteiger partial charge in [0.1, 0.15) is 0 Å². The predicted octanol–water partition coefficient (Wildman–Crippen LogP) is 4.33. The van der Waals surface area contributed by atoms with Crippen LogP contribution in [0.5, 0.6) is 0 Å². The van der Waals surface area contributed by atoms with Crippen LogP contribution in [0.15, 0.2) is 65.7 Å². The number of nitrogens with zero attached hydrogens (tertiary/aromatic N) is 1. The van der Waals surface area contributed by atoms with Gasteiger partial charge in [-0.1, -0.05) is 60.3 Å². The van der Waals surface area contributed by atoms with Crippen LogP contribution in [-0.2, 0) is 4.74 Å². The number of benzene rings is 2. The molecule has 0 N–H and O–H groups in total. The minimum absolute atomic E-state index is 0.0704. The first kappa shape index (κ1) is 15.3. The molecule has 0 bridgehead atoms. The summed E-state index contributed by atoms with van der Waals surface area (Å²) in [5, 5.41) is 0.521. The SMILES string of the molecule is CCOC(=Nc1ccccc1)SCC(=O)c1ccccc1. The van der Waals surface area contributed by atoms with Crippen LogP contribution in [0, 0.1) is 0 Å². The average molecular weight is 299 g/mol. The summed E-state index contributed by atoms with van der Waals surface area (Å²) < 4.78 is 5.49. The Bertz CT molecular complexity index is 597. The summed E-state index contributed by atoms with van der Waals surface area (Å²) in [6, 6.07) is 18.8. The molecule has 0 unspecified atom stereocenters. The van der Waals surface area contributed by atoms with Crippen LogP contribution in [0.4, 0.5) is 5.69 Å². The van der Waals surface area contributed by atoms with E-state index < -0.39 is 0 Å². The Morgan fingerprint density at radius 1 is 1.05 bits per heavy atom. The fraction of sp³-hybridized carbons (Fsp3) is 0.176. The summed E-state index contributed by atoms with van der Waals surface area (Å²) in [5.74, 6) is 0.386. The zero-order chi connectivity index (χ0) is 14.9. The van der Waals surface area contributed by atoms with Crippen molar-refractivity contribution in [3.63, 3.8) is 0 Å². The second kappa shape index (κ2) is 8.27. The first-order valence-electron chi connectivity index (χ1n) is 6.77. The van der Waals surface area contributed by atoms with E-state index in [1.165, 1.54) is 11.8 Å². The number of carbonyl (C=O) groups excluding carboxylic acids is 1. The van der Waals surface area contributed by atoms with Gasteiger partial charge in [-0.3, -0.25) is 4.79 Å². The topological polar surface area (TPSA) is 38.7 Å². The number of ketones is 1. The van der Waals surface area contributed by atoms with Gasteiger partial charge in [0.05, 0.1) is 18.0 Å². The maximum absolute atomic E-state index is 12.1. The van der Waals surface area contributed by atoms with Crippen LogP contribution in [0.3, 0.4) is 0 Å². The Hall–Kier alpha value is -2.07. The van der Waals surface area contributed by atoms with Crippen molar-refractivity contribution in [3.8, 4) is 0 Å². The second-order valence-corrected chi connectivity index (χ2v) is 5.15. The lowest BCUT2D eigenvalue weighted by Gasteiger charge is -2.06. The van der Waals surface area contributed by atoms with Crippen molar-refractivity contribution in [3.05, 3.63) is 66.2 Å². The largest absolute Gasteiger partial charge is 0.473 e. The smallest absolute Gasteiger partial charge is 0.251 e. The molecule has 0 fully saturated rings. The summed E-state index contributed by atoms with van der Waals surface area (Å²) in [6.45, 7) is 2.43. The third-order valence-electron chi connectivity index (χ3n) is 2.67. The lowest BCUT2D eigenvalue weighted by molar-refractivity contribution is 0.102. The molecule has 2 aromatic rings. The number of Topliss-reactive ketones (excluding diaryl/α,β-unsaturated/α-hetero) is 1. The summed E-state index contributed by atoms with van der Waals surface area (Å²) >= 11 is 1.32. The first-order chi connectivity index (χ1) is 10.3. The fourth-order valence-corrected chi connectivity index (χ4v) is 2.46. The van der Waals surface area contributed by atoms with E-state index in [0.717, 1.165) is 5.69 Å². The normalized spacial score (nSPS) is 11.2. The van der Waals surface area contributed by atoms with E-state index in [2.05, 4.69) is 4.99 Å². The minimum Gasteiger partial charge on any atom is -0.473 e. The van der Waals surface area contributed by atoms with Gasteiger partial charge in [0.25, 0.3) is 5.23 Å². The van der Waals surface area contributed by atoms with Crippen molar-refractivity contribution in [1.29, 1.82) is 0 Å². The van der Waals surface area contributed by atoms with E-state index in [4.69, 9.17) is 4.74 Å². The van der Waals surface area contributed by atoms with Crippen LogP contribution in [0.25, 0.3) is 0 Å². The fourth-order valence-electron chi connectivity index (χ4n) is 1.67. The van der Waals surface area contributed by atoms with E-state index in [0.29, 0.717) is 23.2 Å². The van der Waals surface area contributed by atoms with Gasteiger partial charge in [-0.25, -0.2) is 4.99 Å². The number of thioether (sulfide) groups is 1. The highest BCUT2D eigenvalue weighted by Crippen LogP contribution is 2.17.